The van der Waals surface area contributed by atoms with Crippen molar-refractivity contribution >= 4 is 41.3 Å². The summed E-state index contributed by atoms with van der Waals surface area (Å²) >= 11 is 1.74. The lowest BCUT2D eigenvalue weighted by molar-refractivity contribution is 0.271. The van der Waals surface area contributed by atoms with Crippen molar-refractivity contribution in [2.45, 2.75) is 60.4 Å². The highest BCUT2D eigenvalue weighted by molar-refractivity contribution is 14.0. The van der Waals surface area contributed by atoms with Crippen molar-refractivity contribution in [1.29, 1.82) is 0 Å². The van der Waals surface area contributed by atoms with Gasteiger partial charge in [0.1, 0.15) is 0 Å². The van der Waals surface area contributed by atoms with Crippen LogP contribution >= 0.6 is 35.3 Å². The van der Waals surface area contributed by atoms with Gasteiger partial charge in [0.25, 0.3) is 0 Å². The Balaban J connectivity index is 0.00000576. The summed E-state index contributed by atoms with van der Waals surface area (Å²) in [5.41, 5.74) is 1.10. The number of nitrogens with one attached hydrogen (secondary N) is 2. The molecule has 1 rings (SSSR count). The highest BCUT2D eigenvalue weighted by Gasteiger charge is 2.05. The van der Waals surface area contributed by atoms with Crippen LogP contribution in [-0.4, -0.2) is 48.6 Å². The van der Waals surface area contributed by atoms with E-state index in [-0.39, 0.29) is 24.0 Å². The second-order valence-corrected chi connectivity index (χ2v) is 7.35. The minimum Gasteiger partial charge on any atom is -0.357 e. The Morgan fingerprint density at radius 2 is 1.76 bits per heavy atom. The minimum atomic E-state index is 0. The first-order valence-electron chi connectivity index (χ1n) is 9.28. The molecule has 1 aromatic rings. The van der Waals surface area contributed by atoms with Crippen molar-refractivity contribution in [3.8, 4) is 0 Å². The second kappa shape index (κ2) is 14.7. The van der Waals surface area contributed by atoms with E-state index in [2.05, 4.69) is 48.2 Å². The van der Waals surface area contributed by atoms with Gasteiger partial charge in [0, 0.05) is 18.0 Å². The third-order valence-corrected chi connectivity index (χ3v) is 4.81. The van der Waals surface area contributed by atoms with Crippen LogP contribution in [0.4, 0.5) is 0 Å². The molecular formula is C18H36IN5S. The lowest BCUT2D eigenvalue weighted by atomic mass is 10.3. The molecule has 0 aliphatic carbocycles. The molecule has 0 fully saturated rings. The van der Waals surface area contributed by atoms with Gasteiger partial charge in [0.2, 0.25) is 0 Å². The van der Waals surface area contributed by atoms with Crippen LogP contribution in [-0.2, 0) is 6.54 Å². The van der Waals surface area contributed by atoms with Crippen molar-refractivity contribution in [3.63, 3.8) is 0 Å². The number of hydrogen-bond donors (Lipinski definition) is 2. The SMILES string of the molecule is CCCN(CCC)CCCNC(=NCc1sc(C)nc1C)NCC.I. The summed E-state index contributed by atoms with van der Waals surface area (Å²) < 4.78 is 0. The number of guanidine groups is 1. The van der Waals surface area contributed by atoms with Gasteiger partial charge >= 0.3 is 0 Å². The molecule has 0 saturated carbocycles. The van der Waals surface area contributed by atoms with E-state index in [1.54, 1.807) is 11.3 Å². The maximum atomic E-state index is 4.70. The van der Waals surface area contributed by atoms with Gasteiger partial charge in [0.05, 0.1) is 17.2 Å². The first kappa shape index (κ1) is 24.6. The molecule has 0 unspecified atom stereocenters. The minimum absolute atomic E-state index is 0. The fraction of sp³-hybridized carbons (Fsp3) is 0.778. The van der Waals surface area contributed by atoms with Crippen molar-refractivity contribution in [3.05, 3.63) is 15.6 Å². The summed E-state index contributed by atoms with van der Waals surface area (Å²) in [4.78, 5) is 13.0. The van der Waals surface area contributed by atoms with Crippen LogP contribution in [0.3, 0.4) is 0 Å². The largest absolute Gasteiger partial charge is 0.357 e. The summed E-state index contributed by atoms with van der Waals surface area (Å²) in [6, 6.07) is 0. The number of aromatic nitrogens is 1. The number of nitrogens with zero attached hydrogens (tertiary/aromatic N) is 3. The van der Waals surface area contributed by atoms with Gasteiger partial charge in [-0.15, -0.1) is 35.3 Å². The Morgan fingerprint density at radius 1 is 1.08 bits per heavy atom. The molecule has 0 atom stereocenters. The lowest BCUT2D eigenvalue weighted by Crippen LogP contribution is -2.39. The zero-order valence-corrected chi connectivity index (χ0v) is 19.7. The number of aliphatic imine (C=N–C) groups is 1. The van der Waals surface area contributed by atoms with E-state index >= 15 is 0 Å². The molecule has 1 heterocycles. The monoisotopic (exact) mass is 481 g/mol. The molecule has 146 valence electrons. The van der Waals surface area contributed by atoms with Gasteiger partial charge in [-0.25, -0.2) is 9.98 Å². The summed E-state index contributed by atoms with van der Waals surface area (Å²) in [6.45, 7) is 16.8. The maximum Gasteiger partial charge on any atom is 0.191 e. The molecule has 2 N–H and O–H groups in total. The normalized spacial score (nSPS) is 11.5. The van der Waals surface area contributed by atoms with Crippen molar-refractivity contribution in [1.82, 2.24) is 20.5 Å². The van der Waals surface area contributed by atoms with Gasteiger partial charge in [-0.05, 0) is 59.7 Å². The van der Waals surface area contributed by atoms with E-state index < -0.39 is 0 Å². The molecule has 0 aromatic carbocycles. The molecule has 0 amide bonds. The Labute approximate surface area is 175 Å². The predicted octanol–water partition coefficient (Wildman–Crippen LogP) is 3.95. The average Bonchev–Trinajstić information content (AvgIpc) is 2.87. The van der Waals surface area contributed by atoms with Crippen LogP contribution in [0.15, 0.2) is 4.99 Å². The Hall–Kier alpha value is -0.410. The van der Waals surface area contributed by atoms with Gasteiger partial charge in [-0.2, -0.15) is 0 Å². The van der Waals surface area contributed by atoms with E-state index in [4.69, 9.17) is 4.99 Å². The zero-order chi connectivity index (χ0) is 17.8. The molecule has 5 nitrogen and oxygen atoms in total. The topological polar surface area (TPSA) is 52.5 Å². The van der Waals surface area contributed by atoms with E-state index in [0.717, 1.165) is 42.7 Å². The predicted molar refractivity (Wildman–Crippen MR) is 121 cm³/mol. The molecule has 0 radical (unpaired) electrons. The number of hydrogen-bond acceptors (Lipinski definition) is 4. The summed E-state index contributed by atoms with van der Waals surface area (Å²) in [5.74, 6) is 0.903. The van der Waals surface area contributed by atoms with Crippen LogP contribution in [0.1, 0.15) is 55.6 Å². The van der Waals surface area contributed by atoms with Crippen molar-refractivity contribution < 1.29 is 0 Å². The van der Waals surface area contributed by atoms with E-state index in [1.165, 1.54) is 30.8 Å². The van der Waals surface area contributed by atoms with Crippen LogP contribution in [0.25, 0.3) is 0 Å². The fourth-order valence-electron chi connectivity index (χ4n) is 2.69. The molecule has 25 heavy (non-hydrogen) atoms. The third-order valence-electron chi connectivity index (χ3n) is 3.75. The third kappa shape index (κ3) is 10.4. The van der Waals surface area contributed by atoms with Crippen LogP contribution < -0.4 is 10.6 Å². The number of thiazole rings is 1. The standard InChI is InChI=1S/C18H35N5S.HI/c1-6-11-23(12-7-2)13-9-10-20-18(19-8-3)21-14-17-15(4)22-16(5)24-17;/h6-14H2,1-5H3,(H2,19,20,21);1H. The second-order valence-electron chi connectivity index (χ2n) is 6.06. The Kier molecular flexibility index (Phi) is 14.5. The molecule has 0 aliphatic heterocycles. The first-order chi connectivity index (χ1) is 11.6. The van der Waals surface area contributed by atoms with Crippen molar-refractivity contribution in [2.75, 3.05) is 32.7 Å². The van der Waals surface area contributed by atoms with E-state index in [9.17, 15) is 0 Å². The summed E-state index contributed by atoms with van der Waals surface area (Å²) in [6.07, 6.45) is 3.60. The molecule has 0 aliphatic rings. The quantitative estimate of drug-likeness (QED) is 0.218. The highest BCUT2D eigenvalue weighted by Crippen LogP contribution is 2.17. The molecule has 7 heteroatoms. The van der Waals surface area contributed by atoms with Gasteiger partial charge in [-0.1, -0.05) is 13.8 Å². The lowest BCUT2D eigenvalue weighted by Gasteiger charge is -2.21. The van der Waals surface area contributed by atoms with Gasteiger partial charge < -0.3 is 15.5 Å². The number of aryl methyl sites for hydroxylation is 2. The van der Waals surface area contributed by atoms with Gasteiger partial charge in [-0.3, -0.25) is 0 Å². The Bertz CT molecular complexity index is 484. The van der Waals surface area contributed by atoms with Crippen LogP contribution in [0.2, 0.25) is 0 Å². The molecule has 1 aromatic heterocycles. The fourth-order valence-corrected chi connectivity index (χ4v) is 3.55. The Morgan fingerprint density at radius 3 is 2.28 bits per heavy atom. The van der Waals surface area contributed by atoms with Crippen LogP contribution in [0.5, 0.6) is 0 Å². The molecule has 0 bridgehead atoms. The summed E-state index contributed by atoms with van der Waals surface area (Å²) in [7, 11) is 0. The van der Waals surface area contributed by atoms with E-state index in [1.807, 2.05) is 6.92 Å². The average molecular weight is 481 g/mol. The molecule has 0 spiro atoms. The number of rotatable bonds is 11. The van der Waals surface area contributed by atoms with Crippen LogP contribution in [0, 0.1) is 13.8 Å². The molecular weight excluding hydrogens is 445 g/mol. The summed E-state index contributed by atoms with van der Waals surface area (Å²) in [5, 5.41) is 7.89. The van der Waals surface area contributed by atoms with Gasteiger partial charge in [0.15, 0.2) is 5.96 Å². The van der Waals surface area contributed by atoms with Crippen molar-refractivity contribution in [2.24, 2.45) is 4.99 Å². The highest BCUT2D eigenvalue weighted by atomic mass is 127. The number of halogens is 1. The van der Waals surface area contributed by atoms with E-state index in [0.29, 0.717) is 6.54 Å². The maximum absolute atomic E-state index is 4.70. The zero-order valence-electron chi connectivity index (χ0n) is 16.5. The first-order valence-corrected chi connectivity index (χ1v) is 10.1. The molecule has 0 saturated heterocycles. The smallest absolute Gasteiger partial charge is 0.191 e.